The van der Waals surface area contributed by atoms with Crippen molar-refractivity contribution < 1.29 is 4.74 Å². The van der Waals surface area contributed by atoms with Gasteiger partial charge >= 0.3 is 0 Å². The first-order valence-electron chi connectivity index (χ1n) is 6.27. The number of nitrogens with zero attached hydrogens (tertiary/aromatic N) is 5. The van der Waals surface area contributed by atoms with Gasteiger partial charge in [-0.3, -0.25) is 4.98 Å². The van der Waals surface area contributed by atoms with Gasteiger partial charge < -0.3 is 9.64 Å². The SMILES string of the molecule is CCCOc1cncc(-c2nc(Cl)nc(N(C)C)n2)c1. The van der Waals surface area contributed by atoms with E-state index in [4.69, 9.17) is 16.3 Å². The van der Waals surface area contributed by atoms with Crippen LogP contribution >= 0.6 is 11.6 Å². The lowest BCUT2D eigenvalue weighted by molar-refractivity contribution is 0.316. The van der Waals surface area contributed by atoms with E-state index in [1.165, 1.54) is 0 Å². The molecule has 0 radical (unpaired) electrons. The first-order valence-corrected chi connectivity index (χ1v) is 6.65. The fourth-order valence-corrected chi connectivity index (χ4v) is 1.66. The third kappa shape index (κ3) is 3.54. The molecule has 0 bridgehead atoms. The summed E-state index contributed by atoms with van der Waals surface area (Å²) in [6, 6.07) is 1.84. The monoisotopic (exact) mass is 293 g/mol. The van der Waals surface area contributed by atoms with Crippen molar-refractivity contribution in [3.63, 3.8) is 0 Å². The van der Waals surface area contributed by atoms with Crippen LogP contribution in [0.4, 0.5) is 5.95 Å². The number of aromatic nitrogens is 4. The number of ether oxygens (including phenoxy) is 1. The molecule has 20 heavy (non-hydrogen) atoms. The number of hydrogen-bond acceptors (Lipinski definition) is 6. The van der Waals surface area contributed by atoms with Gasteiger partial charge in [-0.2, -0.15) is 15.0 Å². The second-order valence-electron chi connectivity index (χ2n) is 4.38. The van der Waals surface area contributed by atoms with Crippen molar-refractivity contribution in [2.24, 2.45) is 0 Å². The minimum absolute atomic E-state index is 0.151. The summed E-state index contributed by atoms with van der Waals surface area (Å²) in [5.41, 5.74) is 0.742. The Kier molecular flexibility index (Phi) is 4.68. The number of halogens is 1. The van der Waals surface area contributed by atoms with Crippen LogP contribution in [0.1, 0.15) is 13.3 Å². The summed E-state index contributed by atoms with van der Waals surface area (Å²) in [5.74, 6) is 1.66. The molecular weight excluding hydrogens is 278 g/mol. The highest BCUT2D eigenvalue weighted by atomic mass is 35.5. The van der Waals surface area contributed by atoms with Crippen LogP contribution in [0.3, 0.4) is 0 Å². The lowest BCUT2D eigenvalue weighted by Crippen LogP contribution is -2.14. The third-order valence-corrected chi connectivity index (χ3v) is 2.61. The maximum atomic E-state index is 5.93. The summed E-state index contributed by atoms with van der Waals surface area (Å²) < 4.78 is 5.55. The lowest BCUT2D eigenvalue weighted by Gasteiger charge is -2.11. The molecule has 106 valence electrons. The average Bonchev–Trinajstić information content (AvgIpc) is 2.44. The molecule has 0 aliphatic rings. The van der Waals surface area contributed by atoms with E-state index in [1.807, 2.05) is 27.1 Å². The van der Waals surface area contributed by atoms with Crippen LogP contribution in [0, 0.1) is 0 Å². The second-order valence-corrected chi connectivity index (χ2v) is 4.72. The molecule has 0 atom stereocenters. The third-order valence-electron chi connectivity index (χ3n) is 2.44. The second kappa shape index (κ2) is 6.47. The molecule has 6 nitrogen and oxygen atoms in total. The van der Waals surface area contributed by atoms with Gasteiger partial charge in [-0.1, -0.05) is 6.92 Å². The molecule has 0 fully saturated rings. The van der Waals surface area contributed by atoms with E-state index >= 15 is 0 Å². The van der Waals surface area contributed by atoms with E-state index in [2.05, 4.69) is 19.9 Å². The van der Waals surface area contributed by atoms with E-state index < -0.39 is 0 Å². The van der Waals surface area contributed by atoms with Crippen LogP contribution in [0.5, 0.6) is 5.75 Å². The van der Waals surface area contributed by atoms with Crippen LogP contribution in [0.2, 0.25) is 5.28 Å². The molecule has 0 amide bonds. The molecule has 2 rings (SSSR count). The van der Waals surface area contributed by atoms with Gasteiger partial charge in [0.15, 0.2) is 5.82 Å². The van der Waals surface area contributed by atoms with E-state index in [0.717, 1.165) is 12.0 Å². The molecule has 0 aromatic carbocycles. The van der Waals surface area contributed by atoms with E-state index in [1.54, 1.807) is 17.3 Å². The summed E-state index contributed by atoms with van der Waals surface area (Å²) in [6.07, 6.45) is 4.27. The maximum absolute atomic E-state index is 5.93. The summed E-state index contributed by atoms with van der Waals surface area (Å²) in [4.78, 5) is 18.4. The van der Waals surface area contributed by atoms with Crippen LogP contribution in [0.15, 0.2) is 18.5 Å². The Hall–Kier alpha value is -1.95. The maximum Gasteiger partial charge on any atom is 0.229 e. The molecule has 7 heteroatoms. The van der Waals surface area contributed by atoms with Gasteiger partial charge in [-0.25, -0.2) is 0 Å². The van der Waals surface area contributed by atoms with Gasteiger partial charge in [0.1, 0.15) is 5.75 Å². The molecule has 0 aliphatic heterocycles. The molecule has 0 saturated heterocycles. The first-order chi connectivity index (χ1) is 9.60. The number of hydrogen-bond donors (Lipinski definition) is 0. The topological polar surface area (TPSA) is 64.0 Å². The minimum Gasteiger partial charge on any atom is -0.492 e. The summed E-state index contributed by atoms with van der Waals surface area (Å²) in [7, 11) is 3.68. The van der Waals surface area contributed by atoms with Gasteiger partial charge in [0.2, 0.25) is 11.2 Å². The Morgan fingerprint density at radius 1 is 1.20 bits per heavy atom. The van der Waals surface area contributed by atoms with Crippen molar-refractivity contribution in [3.05, 3.63) is 23.7 Å². The van der Waals surface area contributed by atoms with Crippen LogP contribution in [-0.4, -0.2) is 40.6 Å². The normalized spacial score (nSPS) is 10.4. The molecule has 0 saturated carbocycles. The largest absolute Gasteiger partial charge is 0.492 e. The molecule has 0 unspecified atom stereocenters. The zero-order chi connectivity index (χ0) is 14.5. The molecule has 2 aromatic rings. The van der Waals surface area contributed by atoms with Gasteiger partial charge in [0.25, 0.3) is 0 Å². The molecular formula is C13H16ClN5O. The van der Waals surface area contributed by atoms with Crippen molar-refractivity contribution >= 4 is 17.5 Å². The van der Waals surface area contributed by atoms with Gasteiger partial charge in [0, 0.05) is 25.9 Å². The number of rotatable bonds is 5. The van der Waals surface area contributed by atoms with Gasteiger partial charge in [-0.05, 0) is 24.1 Å². The predicted octanol–water partition coefficient (Wildman–Crippen LogP) is 2.44. The Bertz CT molecular complexity index is 591. The summed E-state index contributed by atoms with van der Waals surface area (Å²) >= 11 is 5.93. The fourth-order valence-electron chi connectivity index (χ4n) is 1.51. The van der Waals surface area contributed by atoms with Crippen LogP contribution in [0.25, 0.3) is 11.4 Å². The van der Waals surface area contributed by atoms with Gasteiger partial charge in [-0.15, -0.1) is 0 Å². The Morgan fingerprint density at radius 3 is 2.70 bits per heavy atom. The van der Waals surface area contributed by atoms with Crippen molar-refractivity contribution in [1.29, 1.82) is 0 Å². The smallest absolute Gasteiger partial charge is 0.229 e. The standard InChI is InChI=1S/C13H16ClN5O/c1-4-5-20-10-6-9(7-15-8-10)11-16-12(14)18-13(17-11)19(2)3/h6-8H,4-5H2,1-3H3. The zero-order valence-corrected chi connectivity index (χ0v) is 12.4. The summed E-state index contributed by atoms with van der Waals surface area (Å²) in [6.45, 7) is 2.69. The predicted molar refractivity (Wildman–Crippen MR) is 78.2 cm³/mol. The number of pyridine rings is 1. The average molecular weight is 294 g/mol. The Morgan fingerprint density at radius 2 is 2.00 bits per heavy atom. The van der Waals surface area contributed by atoms with Crippen LogP contribution in [-0.2, 0) is 0 Å². The lowest BCUT2D eigenvalue weighted by atomic mass is 10.2. The van der Waals surface area contributed by atoms with Crippen molar-refractivity contribution in [3.8, 4) is 17.1 Å². The van der Waals surface area contributed by atoms with E-state index in [9.17, 15) is 0 Å². The van der Waals surface area contributed by atoms with Crippen molar-refractivity contribution in [1.82, 2.24) is 19.9 Å². The van der Waals surface area contributed by atoms with E-state index in [-0.39, 0.29) is 5.28 Å². The zero-order valence-electron chi connectivity index (χ0n) is 11.7. The first kappa shape index (κ1) is 14.5. The molecule has 0 N–H and O–H groups in total. The summed E-state index contributed by atoms with van der Waals surface area (Å²) in [5, 5.41) is 0.151. The fraction of sp³-hybridized carbons (Fsp3) is 0.385. The minimum atomic E-state index is 0.151. The van der Waals surface area contributed by atoms with Gasteiger partial charge in [0.05, 0.1) is 12.8 Å². The highest BCUT2D eigenvalue weighted by molar-refractivity contribution is 6.28. The van der Waals surface area contributed by atoms with Crippen molar-refractivity contribution in [2.75, 3.05) is 25.6 Å². The quantitative estimate of drug-likeness (QED) is 0.844. The Labute approximate surface area is 122 Å². The highest BCUT2D eigenvalue weighted by Crippen LogP contribution is 2.22. The molecule has 2 aromatic heterocycles. The molecule has 0 aliphatic carbocycles. The Balaban J connectivity index is 2.35. The number of anilines is 1. The van der Waals surface area contributed by atoms with E-state index in [0.29, 0.717) is 24.1 Å². The highest BCUT2D eigenvalue weighted by Gasteiger charge is 2.10. The molecule has 0 spiro atoms. The molecule has 2 heterocycles. The van der Waals surface area contributed by atoms with Crippen LogP contribution < -0.4 is 9.64 Å². The van der Waals surface area contributed by atoms with Crippen molar-refractivity contribution in [2.45, 2.75) is 13.3 Å².